The molecule has 0 aliphatic heterocycles. The molecule has 0 saturated heterocycles. The Kier molecular flexibility index (Phi) is 6.74. The molecule has 0 bridgehead atoms. The molecule has 0 atom stereocenters. The molecule has 2 aromatic heterocycles. The number of hydrazine groups is 1. The van der Waals surface area contributed by atoms with Gasteiger partial charge in [-0.15, -0.1) is 10.2 Å². The number of thioether (sulfide) groups is 1. The van der Waals surface area contributed by atoms with Crippen LogP contribution in [0.15, 0.2) is 60.0 Å². The first-order valence-corrected chi connectivity index (χ1v) is 9.78. The van der Waals surface area contributed by atoms with E-state index in [1.54, 1.807) is 36.7 Å². The summed E-state index contributed by atoms with van der Waals surface area (Å²) in [6, 6.07) is 12.4. The Morgan fingerprint density at radius 3 is 2.50 bits per heavy atom. The lowest BCUT2D eigenvalue weighted by Crippen LogP contribution is -2.42. The minimum absolute atomic E-state index is 0.104. The number of amides is 2. The summed E-state index contributed by atoms with van der Waals surface area (Å²) < 4.78 is 1.98. The molecule has 2 N–H and O–H groups in total. The van der Waals surface area contributed by atoms with Crippen molar-refractivity contribution in [3.05, 3.63) is 60.4 Å². The summed E-state index contributed by atoms with van der Waals surface area (Å²) in [5, 5.41) is 9.12. The van der Waals surface area contributed by atoms with Crippen molar-refractivity contribution in [1.82, 2.24) is 30.6 Å². The van der Waals surface area contributed by atoms with Gasteiger partial charge < -0.3 is 4.57 Å². The number of rotatable bonds is 7. The summed E-state index contributed by atoms with van der Waals surface area (Å²) in [6.07, 6.45) is 4.31. The van der Waals surface area contributed by atoms with Crippen molar-refractivity contribution in [3.8, 4) is 11.4 Å². The van der Waals surface area contributed by atoms with Crippen LogP contribution in [-0.4, -0.2) is 37.3 Å². The molecule has 2 amide bonds. The van der Waals surface area contributed by atoms with E-state index in [0.717, 1.165) is 24.4 Å². The predicted octanol–water partition coefficient (Wildman–Crippen LogP) is 2.30. The Morgan fingerprint density at radius 1 is 1.04 bits per heavy atom. The average Bonchev–Trinajstić information content (AvgIpc) is 3.14. The number of hydrogen-bond donors (Lipinski definition) is 2. The SMILES string of the molecule is CCCn1c(SCC(=O)NNC(=O)c2ccccc2)nnc1-c1ccncc1. The molecule has 144 valence electrons. The van der Waals surface area contributed by atoms with Gasteiger partial charge in [-0.2, -0.15) is 0 Å². The standard InChI is InChI=1S/C19H20N6O2S/c1-2-12-25-17(14-8-10-20-11-9-14)22-24-19(25)28-13-16(26)21-23-18(27)15-6-4-3-5-7-15/h3-11H,2,12-13H2,1H3,(H,21,26)(H,23,27). The van der Waals surface area contributed by atoms with Crippen LogP contribution >= 0.6 is 11.8 Å². The molecule has 1 aromatic carbocycles. The molecular formula is C19H20N6O2S. The van der Waals surface area contributed by atoms with Crippen molar-refractivity contribution < 1.29 is 9.59 Å². The zero-order valence-corrected chi connectivity index (χ0v) is 16.1. The zero-order chi connectivity index (χ0) is 19.8. The second-order valence-electron chi connectivity index (χ2n) is 5.85. The van der Waals surface area contributed by atoms with E-state index in [0.29, 0.717) is 10.7 Å². The van der Waals surface area contributed by atoms with Gasteiger partial charge in [0.05, 0.1) is 5.75 Å². The summed E-state index contributed by atoms with van der Waals surface area (Å²) in [4.78, 5) is 28.1. The number of nitrogens with one attached hydrogen (secondary N) is 2. The second kappa shape index (κ2) is 9.65. The van der Waals surface area contributed by atoms with Crippen molar-refractivity contribution in [2.75, 3.05) is 5.75 Å². The fraction of sp³-hybridized carbons (Fsp3) is 0.211. The highest BCUT2D eigenvalue weighted by Gasteiger charge is 2.15. The molecule has 8 nitrogen and oxygen atoms in total. The van der Waals surface area contributed by atoms with Crippen molar-refractivity contribution in [3.63, 3.8) is 0 Å². The number of hydrogen-bond acceptors (Lipinski definition) is 6. The van der Waals surface area contributed by atoms with Gasteiger partial charge in [0.15, 0.2) is 11.0 Å². The van der Waals surface area contributed by atoms with Gasteiger partial charge in [0, 0.05) is 30.1 Å². The van der Waals surface area contributed by atoms with E-state index in [-0.39, 0.29) is 17.6 Å². The van der Waals surface area contributed by atoms with E-state index in [4.69, 9.17) is 0 Å². The first-order chi connectivity index (χ1) is 13.7. The van der Waals surface area contributed by atoms with Gasteiger partial charge in [-0.25, -0.2) is 0 Å². The molecule has 0 radical (unpaired) electrons. The van der Waals surface area contributed by atoms with Gasteiger partial charge in [0.2, 0.25) is 5.91 Å². The summed E-state index contributed by atoms with van der Waals surface area (Å²) in [5.41, 5.74) is 6.21. The molecular weight excluding hydrogens is 376 g/mol. The molecule has 3 rings (SSSR count). The normalized spacial score (nSPS) is 10.5. The Balaban J connectivity index is 1.59. The number of aromatic nitrogens is 4. The van der Waals surface area contributed by atoms with Gasteiger partial charge in [-0.05, 0) is 30.7 Å². The Hall–Kier alpha value is -3.20. The van der Waals surface area contributed by atoms with Crippen LogP contribution < -0.4 is 10.9 Å². The van der Waals surface area contributed by atoms with Gasteiger partial charge in [0.25, 0.3) is 5.91 Å². The topological polar surface area (TPSA) is 102 Å². The smallest absolute Gasteiger partial charge is 0.269 e. The highest BCUT2D eigenvalue weighted by Crippen LogP contribution is 2.23. The highest BCUT2D eigenvalue weighted by atomic mass is 32.2. The minimum atomic E-state index is -0.368. The lowest BCUT2D eigenvalue weighted by Gasteiger charge is -2.09. The van der Waals surface area contributed by atoms with E-state index in [9.17, 15) is 9.59 Å². The molecule has 0 aliphatic rings. The third-order valence-corrected chi connectivity index (χ3v) is 4.75. The molecule has 9 heteroatoms. The monoisotopic (exact) mass is 396 g/mol. The number of pyridine rings is 1. The average molecular weight is 396 g/mol. The van der Waals surface area contributed by atoms with Crippen LogP contribution in [0.4, 0.5) is 0 Å². The van der Waals surface area contributed by atoms with E-state index in [1.165, 1.54) is 11.8 Å². The van der Waals surface area contributed by atoms with Crippen LogP contribution in [0.5, 0.6) is 0 Å². The molecule has 0 spiro atoms. The lowest BCUT2D eigenvalue weighted by molar-refractivity contribution is -0.119. The first kappa shape index (κ1) is 19.6. The number of benzene rings is 1. The molecule has 2 heterocycles. The van der Waals surface area contributed by atoms with Crippen LogP contribution in [0.25, 0.3) is 11.4 Å². The molecule has 3 aromatic rings. The van der Waals surface area contributed by atoms with Crippen LogP contribution in [0.1, 0.15) is 23.7 Å². The van der Waals surface area contributed by atoms with E-state index in [2.05, 4.69) is 33.0 Å². The largest absolute Gasteiger partial charge is 0.302 e. The Labute approximate surface area is 166 Å². The van der Waals surface area contributed by atoms with Gasteiger partial charge in [-0.3, -0.25) is 25.4 Å². The fourth-order valence-corrected chi connectivity index (χ4v) is 3.25. The maximum absolute atomic E-state index is 12.1. The quantitative estimate of drug-likeness (QED) is 0.469. The van der Waals surface area contributed by atoms with Crippen molar-refractivity contribution >= 4 is 23.6 Å². The van der Waals surface area contributed by atoms with Crippen LogP contribution in [-0.2, 0) is 11.3 Å². The number of carbonyl (C=O) groups is 2. The summed E-state index contributed by atoms with van der Waals surface area (Å²) in [7, 11) is 0. The Bertz CT molecular complexity index is 930. The van der Waals surface area contributed by atoms with E-state index >= 15 is 0 Å². The molecule has 0 aliphatic carbocycles. The number of carbonyl (C=O) groups excluding carboxylic acids is 2. The van der Waals surface area contributed by atoms with Crippen molar-refractivity contribution in [1.29, 1.82) is 0 Å². The van der Waals surface area contributed by atoms with Gasteiger partial charge in [0.1, 0.15) is 0 Å². The minimum Gasteiger partial charge on any atom is -0.302 e. The fourth-order valence-electron chi connectivity index (χ4n) is 2.49. The molecule has 0 saturated carbocycles. The highest BCUT2D eigenvalue weighted by molar-refractivity contribution is 7.99. The second-order valence-corrected chi connectivity index (χ2v) is 6.79. The van der Waals surface area contributed by atoms with Crippen LogP contribution in [0.3, 0.4) is 0 Å². The summed E-state index contributed by atoms with van der Waals surface area (Å²) in [6.45, 7) is 2.80. The maximum Gasteiger partial charge on any atom is 0.269 e. The molecule has 28 heavy (non-hydrogen) atoms. The first-order valence-electron chi connectivity index (χ1n) is 8.79. The summed E-state index contributed by atoms with van der Waals surface area (Å²) >= 11 is 1.27. The zero-order valence-electron chi connectivity index (χ0n) is 15.3. The van der Waals surface area contributed by atoms with E-state index in [1.807, 2.05) is 22.8 Å². The van der Waals surface area contributed by atoms with Gasteiger partial charge >= 0.3 is 0 Å². The summed E-state index contributed by atoms with van der Waals surface area (Å²) in [5.74, 6) is 0.149. The van der Waals surface area contributed by atoms with Crippen LogP contribution in [0.2, 0.25) is 0 Å². The van der Waals surface area contributed by atoms with Crippen LogP contribution in [0, 0.1) is 0 Å². The number of nitrogens with zero attached hydrogens (tertiary/aromatic N) is 4. The maximum atomic E-state index is 12.1. The van der Waals surface area contributed by atoms with Crippen molar-refractivity contribution in [2.45, 2.75) is 25.0 Å². The molecule has 0 unspecified atom stereocenters. The Morgan fingerprint density at radius 2 is 1.79 bits per heavy atom. The third kappa shape index (κ3) is 4.95. The van der Waals surface area contributed by atoms with E-state index < -0.39 is 0 Å². The third-order valence-electron chi connectivity index (χ3n) is 3.79. The van der Waals surface area contributed by atoms with Crippen molar-refractivity contribution in [2.24, 2.45) is 0 Å². The lowest BCUT2D eigenvalue weighted by atomic mass is 10.2. The van der Waals surface area contributed by atoms with Gasteiger partial charge in [-0.1, -0.05) is 36.9 Å². The molecule has 0 fully saturated rings. The predicted molar refractivity (Wildman–Crippen MR) is 106 cm³/mol.